The van der Waals surface area contributed by atoms with E-state index in [0.29, 0.717) is 28.5 Å². The number of benzene rings is 2. The molecule has 0 aromatic heterocycles. The summed E-state index contributed by atoms with van der Waals surface area (Å²) < 4.78 is 10.6. The molecule has 0 radical (unpaired) electrons. The maximum Gasteiger partial charge on any atom is 0.161 e. The summed E-state index contributed by atoms with van der Waals surface area (Å²) in [6.07, 6.45) is 0.642. The third-order valence-corrected chi connectivity index (χ3v) is 4.07. The highest BCUT2D eigenvalue weighted by molar-refractivity contribution is 6.31. The minimum atomic E-state index is 0.00295. The highest BCUT2D eigenvalue weighted by atomic mass is 35.5. The molecule has 6 heteroatoms. The third kappa shape index (κ3) is 3.05. The molecule has 2 aromatic rings. The molecule has 0 saturated heterocycles. The van der Waals surface area contributed by atoms with E-state index >= 15 is 0 Å². The lowest BCUT2D eigenvalue weighted by Crippen LogP contribution is -2.10. The Hall–Kier alpha value is -2.40. The minimum Gasteiger partial charge on any atom is -0.507 e. The van der Waals surface area contributed by atoms with Crippen molar-refractivity contribution in [2.24, 2.45) is 5.10 Å². The quantitative estimate of drug-likeness (QED) is 0.899. The maximum atomic E-state index is 10.00. The van der Waals surface area contributed by atoms with Crippen molar-refractivity contribution in [3.8, 4) is 17.2 Å². The summed E-state index contributed by atoms with van der Waals surface area (Å²) >= 11 is 6.00. The fourth-order valence-corrected chi connectivity index (χ4v) is 2.78. The Kier molecular flexibility index (Phi) is 4.30. The summed E-state index contributed by atoms with van der Waals surface area (Å²) in [5.74, 6) is 1.52. The van der Waals surface area contributed by atoms with Gasteiger partial charge in [-0.15, -0.1) is 0 Å². The van der Waals surface area contributed by atoms with E-state index in [-0.39, 0.29) is 11.8 Å². The fourth-order valence-electron chi connectivity index (χ4n) is 2.61. The Morgan fingerprint density at radius 2 is 1.91 bits per heavy atom. The summed E-state index contributed by atoms with van der Waals surface area (Å²) in [6, 6.07) is 10.7. The standard InChI is InChI=1S/C17H17ClN2O3/c1-22-16-6-3-10(7-17(16)23-2)13-9-14(20-19-13)12-8-11(18)4-5-15(12)21/h3-8,13,19,21H,9H2,1-2H3. The van der Waals surface area contributed by atoms with Gasteiger partial charge >= 0.3 is 0 Å². The number of hydrazone groups is 1. The van der Waals surface area contributed by atoms with Crippen LogP contribution in [0.15, 0.2) is 41.5 Å². The number of nitrogens with one attached hydrogen (secondary N) is 1. The van der Waals surface area contributed by atoms with Gasteiger partial charge in [0.1, 0.15) is 5.75 Å². The van der Waals surface area contributed by atoms with E-state index in [9.17, 15) is 5.11 Å². The molecule has 2 aromatic carbocycles. The van der Waals surface area contributed by atoms with Gasteiger partial charge in [0, 0.05) is 17.0 Å². The average molecular weight is 333 g/mol. The van der Waals surface area contributed by atoms with E-state index in [0.717, 1.165) is 11.3 Å². The first-order valence-corrected chi connectivity index (χ1v) is 7.53. The lowest BCUT2D eigenvalue weighted by atomic mass is 9.98. The van der Waals surface area contributed by atoms with Crippen LogP contribution in [0, 0.1) is 0 Å². The van der Waals surface area contributed by atoms with Gasteiger partial charge < -0.3 is 20.0 Å². The van der Waals surface area contributed by atoms with Gasteiger partial charge in [-0.3, -0.25) is 0 Å². The highest BCUT2D eigenvalue weighted by Gasteiger charge is 2.24. The van der Waals surface area contributed by atoms with Crippen LogP contribution >= 0.6 is 11.6 Å². The van der Waals surface area contributed by atoms with Crippen molar-refractivity contribution >= 4 is 17.3 Å². The van der Waals surface area contributed by atoms with Crippen LogP contribution < -0.4 is 14.9 Å². The molecule has 1 unspecified atom stereocenters. The van der Waals surface area contributed by atoms with Crippen LogP contribution in [0.1, 0.15) is 23.6 Å². The van der Waals surface area contributed by atoms with Crippen molar-refractivity contribution in [2.45, 2.75) is 12.5 Å². The van der Waals surface area contributed by atoms with Crippen LogP contribution in [0.3, 0.4) is 0 Å². The van der Waals surface area contributed by atoms with E-state index < -0.39 is 0 Å². The van der Waals surface area contributed by atoms with Gasteiger partial charge in [0.25, 0.3) is 0 Å². The second-order valence-corrected chi connectivity index (χ2v) is 5.66. The van der Waals surface area contributed by atoms with Crippen LogP contribution in [0.25, 0.3) is 0 Å². The maximum absolute atomic E-state index is 10.00. The molecule has 1 aliphatic heterocycles. The molecule has 2 N–H and O–H groups in total. The number of nitrogens with zero attached hydrogens (tertiary/aromatic N) is 1. The molecule has 0 spiro atoms. The van der Waals surface area contributed by atoms with Gasteiger partial charge in [0.2, 0.25) is 0 Å². The Morgan fingerprint density at radius 1 is 1.13 bits per heavy atom. The number of phenolic OH excluding ortho intramolecular Hbond substituents is 1. The molecule has 0 aliphatic carbocycles. The molecular weight excluding hydrogens is 316 g/mol. The first-order chi connectivity index (χ1) is 11.1. The molecule has 3 rings (SSSR count). The summed E-state index contributed by atoms with van der Waals surface area (Å²) in [5.41, 5.74) is 5.54. The van der Waals surface area contributed by atoms with E-state index in [1.54, 1.807) is 32.4 Å². The van der Waals surface area contributed by atoms with Crippen LogP contribution in [-0.2, 0) is 0 Å². The Balaban J connectivity index is 1.83. The number of halogens is 1. The number of phenols is 1. The molecule has 120 valence electrons. The molecule has 0 bridgehead atoms. The van der Waals surface area contributed by atoms with Crippen molar-refractivity contribution in [1.82, 2.24) is 5.43 Å². The van der Waals surface area contributed by atoms with E-state index in [4.69, 9.17) is 21.1 Å². The number of ether oxygens (including phenoxy) is 2. The van der Waals surface area contributed by atoms with Crippen molar-refractivity contribution in [2.75, 3.05) is 14.2 Å². The predicted octanol–water partition coefficient (Wildman–Crippen LogP) is 3.50. The zero-order valence-electron chi connectivity index (χ0n) is 12.8. The summed E-state index contributed by atoms with van der Waals surface area (Å²) in [7, 11) is 3.21. The van der Waals surface area contributed by atoms with Crippen LogP contribution in [-0.4, -0.2) is 25.0 Å². The Labute approximate surface area is 139 Å². The SMILES string of the molecule is COc1ccc(C2CC(c3cc(Cl)ccc3O)=NN2)cc1OC. The number of aromatic hydroxyl groups is 1. The van der Waals surface area contributed by atoms with Crippen LogP contribution in [0.2, 0.25) is 5.02 Å². The molecule has 1 atom stereocenters. The lowest BCUT2D eigenvalue weighted by Gasteiger charge is -2.14. The zero-order chi connectivity index (χ0) is 16.4. The Bertz CT molecular complexity index is 761. The number of methoxy groups -OCH3 is 2. The van der Waals surface area contributed by atoms with E-state index in [1.165, 1.54) is 0 Å². The second kappa shape index (κ2) is 6.38. The van der Waals surface area contributed by atoms with Crippen molar-refractivity contribution in [1.29, 1.82) is 0 Å². The van der Waals surface area contributed by atoms with Crippen molar-refractivity contribution in [3.05, 3.63) is 52.5 Å². The smallest absolute Gasteiger partial charge is 0.161 e. The molecule has 1 aliphatic rings. The summed E-state index contributed by atoms with van der Waals surface area (Å²) in [4.78, 5) is 0. The molecule has 0 amide bonds. The largest absolute Gasteiger partial charge is 0.507 e. The predicted molar refractivity (Wildman–Crippen MR) is 89.7 cm³/mol. The first-order valence-electron chi connectivity index (χ1n) is 7.15. The first kappa shape index (κ1) is 15.5. The third-order valence-electron chi connectivity index (χ3n) is 3.83. The van der Waals surface area contributed by atoms with Gasteiger partial charge in [0.05, 0.1) is 26.0 Å². The normalized spacial score (nSPS) is 16.7. The summed E-state index contributed by atoms with van der Waals surface area (Å²) in [6.45, 7) is 0. The van der Waals surface area contributed by atoms with Gasteiger partial charge in [-0.25, -0.2) is 0 Å². The van der Waals surface area contributed by atoms with Gasteiger partial charge in [-0.2, -0.15) is 5.10 Å². The summed E-state index contributed by atoms with van der Waals surface area (Å²) in [5, 5.41) is 14.9. The molecule has 23 heavy (non-hydrogen) atoms. The van der Waals surface area contributed by atoms with E-state index in [1.807, 2.05) is 18.2 Å². The number of hydrogen-bond donors (Lipinski definition) is 2. The average Bonchev–Trinajstić information content (AvgIpc) is 3.06. The zero-order valence-corrected chi connectivity index (χ0v) is 13.6. The van der Waals surface area contributed by atoms with Crippen LogP contribution in [0.4, 0.5) is 0 Å². The minimum absolute atomic E-state index is 0.00295. The van der Waals surface area contributed by atoms with E-state index in [2.05, 4.69) is 10.5 Å². The molecular formula is C17H17ClN2O3. The monoisotopic (exact) mass is 332 g/mol. The van der Waals surface area contributed by atoms with Gasteiger partial charge in [-0.1, -0.05) is 17.7 Å². The number of rotatable bonds is 4. The van der Waals surface area contributed by atoms with Crippen molar-refractivity contribution in [3.63, 3.8) is 0 Å². The lowest BCUT2D eigenvalue weighted by molar-refractivity contribution is 0.354. The van der Waals surface area contributed by atoms with Gasteiger partial charge in [0.15, 0.2) is 11.5 Å². The Morgan fingerprint density at radius 3 is 2.65 bits per heavy atom. The molecule has 5 nitrogen and oxygen atoms in total. The van der Waals surface area contributed by atoms with Crippen molar-refractivity contribution < 1.29 is 14.6 Å². The molecule has 0 saturated carbocycles. The number of hydrogen-bond acceptors (Lipinski definition) is 5. The van der Waals surface area contributed by atoms with Crippen LogP contribution in [0.5, 0.6) is 17.2 Å². The molecule has 0 fully saturated rings. The fraction of sp³-hybridized carbons (Fsp3) is 0.235. The van der Waals surface area contributed by atoms with Gasteiger partial charge in [-0.05, 0) is 35.9 Å². The molecule has 1 heterocycles. The highest BCUT2D eigenvalue weighted by Crippen LogP contribution is 2.34. The topological polar surface area (TPSA) is 63.1 Å². The second-order valence-electron chi connectivity index (χ2n) is 5.22.